The maximum absolute atomic E-state index is 14.0. The van der Waals surface area contributed by atoms with Crippen LogP contribution in [0.3, 0.4) is 0 Å². The van der Waals surface area contributed by atoms with Gasteiger partial charge in [0.1, 0.15) is 12.6 Å². The molecule has 0 aliphatic carbocycles. The van der Waals surface area contributed by atoms with Crippen LogP contribution in [0, 0.1) is 0 Å². The molecule has 7 nitrogen and oxygen atoms in total. The minimum absolute atomic E-state index is 0.0186. The van der Waals surface area contributed by atoms with E-state index in [9.17, 15) is 18.0 Å². The van der Waals surface area contributed by atoms with Crippen LogP contribution in [-0.4, -0.2) is 43.8 Å². The smallest absolute Gasteiger partial charge is 0.264 e. The number of anilines is 1. The molecule has 0 saturated carbocycles. The first-order valence-electron chi connectivity index (χ1n) is 12.4. The molecule has 0 aromatic heterocycles. The lowest BCUT2D eigenvalue weighted by molar-refractivity contribution is -0.140. The topological polar surface area (TPSA) is 86.8 Å². The van der Waals surface area contributed by atoms with Gasteiger partial charge in [-0.25, -0.2) is 8.42 Å². The Kier molecular flexibility index (Phi) is 11.1. The SMILES string of the molecule is CCC(C(=O)NC(C)C)N(Cc1ccc(Cl)c(Cl)c1)C(=O)CN(c1cc(Cl)cc(Cl)c1)S(=O)(=O)c1ccccc1. The predicted molar refractivity (Wildman–Crippen MR) is 162 cm³/mol. The molecule has 3 aromatic rings. The molecule has 3 aromatic carbocycles. The van der Waals surface area contributed by atoms with Crippen LogP contribution >= 0.6 is 46.4 Å². The molecule has 40 heavy (non-hydrogen) atoms. The van der Waals surface area contributed by atoms with Crippen molar-refractivity contribution in [3.8, 4) is 0 Å². The Morgan fingerprint density at radius 1 is 0.875 bits per heavy atom. The summed E-state index contributed by atoms with van der Waals surface area (Å²) in [6.45, 7) is 4.75. The van der Waals surface area contributed by atoms with Gasteiger partial charge in [0, 0.05) is 22.6 Å². The summed E-state index contributed by atoms with van der Waals surface area (Å²) in [4.78, 5) is 28.5. The van der Waals surface area contributed by atoms with E-state index in [1.165, 1.54) is 35.2 Å². The van der Waals surface area contributed by atoms with Crippen molar-refractivity contribution >= 4 is 73.9 Å². The largest absolute Gasteiger partial charge is 0.352 e. The molecule has 0 bridgehead atoms. The third kappa shape index (κ3) is 8.04. The third-order valence-corrected chi connectivity index (χ3v) is 8.86. The number of nitrogens with zero attached hydrogens (tertiary/aromatic N) is 2. The lowest BCUT2D eigenvalue weighted by Crippen LogP contribution is -2.53. The zero-order chi connectivity index (χ0) is 29.6. The number of benzene rings is 3. The van der Waals surface area contributed by atoms with Gasteiger partial charge in [-0.3, -0.25) is 13.9 Å². The van der Waals surface area contributed by atoms with Gasteiger partial charge in [0.2, 0.25) is 11.8 Å². The van der Waals surface area contributed by atoms with E-state index in [1.807, 2.05) is 13.8 Å². The first-order valence-corrected chi connectivity index (χ1v) is 15.4. The third-order valence-electron chi connectivity index (χ3n) is 5.90. The Hall–Kier alpha value is -2.49. The fourth-order valence-corrected chi connectivity index (χ4v) is 6.32. The van der Waals surface area contributed by atoms with Crippen LogP contribution in [0.1, 0.15) is 32.8 Å². The quantitative estimate of drug-likeness (QED) is 0.248. The Morgan fingerprint density at radius 3 is 2.05 bits per heavy atom. The number of rotatable bonds is 11. The fraction of sp³-hybridized carbons (Fsp3) is 0.286. The monoisotopic (exact) mass is 643 g/mol. The van der Waals surface area contributed by atoms with E-state index < -0.39 is 28.5 Å². The second-order valence-electron chi connectivity index (χ2n) is 9.31. The van der Waals surface area contributed by atoms with Crippen LogP contribution in [-0.2, 0) is 26.2 Å². The van der Waals surface area contributed by atoms with E-state index in [2.05, 4.69) is 5.32 Å². The van der Waals surface area contributed by atoms with E-state index in [4.69, 9.17) is 46.4 Å². The van der Waals surface area contributed by atoms with Crippen molar-refractivity contribution in [3.05, 3.63) is 92.4 Å². The van der Waals surface area contributed by atoms with Gasteiger partial charge >= 0.3 is 0 Å². The summed E-state index contributed by atoms with van der Waals surface area (Å²) in [6.07, 6.45) is 0.278. The van der Waals surface area contributed by atoms with Crippen LogP contribution in [0.2, 0.25) is 20.1 Å². The van der Waals surface area contributed by atoms with Crippen LogP contribution < -0.4 is 9.62 Å². The number of amides is 2. The minimum atomic E-state index is -4.24. The molecule has 0 fully saturated rings. The number of halogens is 4. The molecule has 1 unspecified atom stereocenters. The molecule has 12 heteroatoms. The molecule has 0 aliphatic rings. The minimum Gasteiger partial charge on any atom is -0.352 e. The van der Waals surface area contributed by atoms with Gasteiger partial charge in [-0.1, -0.05) is 77.6 Å². The van der Waals surface area contributed by atoms with Gasteiger partial charge in [-0.05, 0) is 68.3 Å². The van der Waals surface area contributed by atoms with Crippen molar-refractivity contribution < 1.29 is 18.0 Å². The van der Waals surface area contributed by atoms with Gasteiger partial charge in [-0.15, -0.1) is 0 Å². The summed E-state index contributed by atoms with van der Waals surface area (Å²) in [6, 6.07) is 15.8. The molecule has 0 saturated heterocycles. The Morgan fingerprint density at radius 2 is 1.50 bits per heavy atom. The summed E-state index contributed by atoms with van der Waals surface area (Å²) in [5.41, 5.74) is 0.714. The van der Waals surface area contributed by atoms with E-state index >= 15 is 0 Å². The normalized spacial score (nSPS) is 12.2. The van der Waals surface area contributed by atoms with Gasteiger partial charge in [-0.2, -0.15) is 0 Å². The zero-order valence-corrected chi connectivity index (χ0v) is 25.9. The second kappa shape index (κ2) is 13.9. The number of carbonyl (C=O) groups is 2. The van der Waals surface area contributed by atoms with Crippen molar-refractivity contribution in [2.24, 2.45) is 0 Å². The van der Waals surface area contributed by atoms with E-state index in [0.29, 0.717) is 10.6 Å². The van der Waals surface area contributed by atoms with Crippen molar-refractivity contribution in [2.45, 2.75) is 50.7 Å². The van der Waals surface area contributed by atoms with Crippen molar-refractivity contribution in [2.75, 3.05) is 10.8 Å². The zero-order valence-electron chi connectivity index (χ0n) is 22.1. The lowest BCUT2D eigenvalue weighted by Gasteiger charge is -2.33. The molecule has 2 amide bonds. The van der Waals surface area contributed by atoms with Gasteiger partial charge in [0.15, 0.2) is 0 Å². The first-order chi connectivity index (χ1) is 18.8. The number of nitrogens with one attached hydrogen (secondary N) is 1. The number of carbonyl (C=O) groups excluding carboxylic acids is 2. The maximum atomic E-state index is 14.0. The molecule has 1 atom stereocenters. The summed E-state index contributed by atoms with van der Waals surface area (Å²) in [7, 11) is -4.24. The van der Waals surface area contributed by atoms with Crippen molar-refractivity contribution in [1.82, 2.24) is 10.2 Å². The average Bonchev–Trinajstić information content (AvgIpc) is 2.88. The molecular formula is C28H29Cl4N3O4S. The van der Waals surface area contributed by atoms with Crippen LogP contribution in [0.25, 0.3) is 0 Å². The molecule has 0 aliphatic heterocycles. The molecule has 214 valence electrons. The number of hydrogen-bond acceptors (Lipinski definition) is 4. The number of sulfonamides is 1. The number of hydrogen-bond donors (Lipinski definition) is 1. The second-order valence-corrected chi connectivity index (χ2v) is 12.9. The highest BCUT2D eigenvalue weighted by atomic mass is 35.5. The fourth-order valence-electron chi connectivity index (χ4n) is 4.07. The summed E-state index contributed by atoms with van der Waals surface area (Å²) >= 11 is 24.7. The molecular weight excluding hydrogens is 616 g/mol. The van der Waals surface area contributed by atoms with E-state index in [0.717, 1.165) is 4.31 Å². The van der Waals surface area contributed by atoms with Crippen LogP contribution in [0.5, 0.6) is 0 Å². The first kappa shape index (κ1) is 32.0. The molecule has 0 spiro atoms. The van der Waals surface area contributed by atoms with Gasteiger partial charge in [0.25, 0.3) is 10.0 Å². The predicted octanol–water partition coefficient (Wildman–Crippen LogP) is 6.83. The van der Waals surface area contributed by atoms with Crippen molar-refractivity contribution in [1.29, 1.82) is 0 Å². The molecule has 1 N–H and O–H groups in total. The maximum Gasteiger partial charge on any atom is 0.264 e. The summed E-state index contributed by atoms with van der Waals surface area (Å²) in [5.74, 6) is -0.985. The Labute approximate surface area is 255 Å². The standard InChI is InChI=1S/C28H29Cl4N3O4S/c1-4-26(28(37)33-18(2)3)34(16-19-10-11-24(31)25(32)12-19)27(36)17-35(22-14-20(29)13-21(30)15-22)40(38,39)23-8-6-5-7-9-23/h5-15,18,26H,4,16-17H2,1-3H3,(H,33,37). The summed E-state index contributed by atoms with van der Waals surface area (Å²) in [5, 5.41) is 3.86. The van der Waals surface area contributed by atoms with E-state index in [-0.39, 0.29) is 50.6 Å². The van der Waals surface area contributed by atoms with Crippen LogP contribution in [0.15, 0.2) is 71.6 Å². The Balaban J connectivity index is 2.10. The van der Waals surface area contributed by atoms with Gasteiger partial charge < -0.3 is 10.2 Å². The molecule has 3 rings (SSSR count). The lowest BCUT2D eigenvalue weighted by atomic mass is 10.1. The highest BCUT2D eigenvalue weighted by Gasteiger charge is 2.34. The highest BCUT2D eigenvalue weighted by Crippen LogP contribution is 2.30. The molecule has 0 heterocycles. The van der Waals surface area contributed by atoms with Crippen molar-refractivity contribution in [3.63, 3.8) is 0 Å². The van der Waals surface area contributed by atoms with Crippen LogP contribution in [0.4, 0.5) is 5.69 Å². The van der Waals surface area contributed by atoms with E-state index in [1.54, 1.807) is 43.3 Å². The average molecular weight is 645 g/mol. The molecule has 0 radical (unpaired) electrons. The Bertz CT molecular complexity index is 1450. The van der Waals surface area contributed by atoms with Gasteiger partial charge in [0.05, 0.1) is 20.6 Å². The highest BCUT2D eigenvalue weighted by molar-refractivity contribution is 7.92. The summed E-state index contributed by atoms with van der Waals surface area (Å²) < 4.78 is 28.6.